The predicted octanol–water partition coefficient (Wildman–Crippen LogP) is 3.81. The number of halogens is 5. The number of aromatic hydroxyl groups is 1. The summed E-state index contributed by atoms with van der Waals surface area (Å²) in [5.41, 5.74) is 5.79. The molecule has 1 atom stereocenters. The summed E-state index contributed by atoms with van der Waals surface area (Å²) in [6, 6.07) is 3.56. The number of hydrogen-bond acceptors (Lipinski definition) is 2. The van der Waals surface area contributed by atoms with E-state index in [0.717, 1.165) is 0 Å². The first-order valence-corrected chi connectivity index (χ1v) is 4.99. The standard InChI is InChI=1S/C10H11ClF3NO.ClH/c11-7-3-1-2-6(9(7)16)8(15)4-5-10(12,13)14;/h1-3,8,16H,4-5,15H2;1H/t8-;/m0./s1. The highest BCUT2D eigenvalue weighted by Gasteiger charge is 2.28. The van der Waals surface area contributed by atoms with Crippen molar-refractivity contribution in [3.05, 3.63) is 28.8 Å². The number of hydrogen-bond donors (Lipinski definition) is 2. The van der Waals surface area contributed by atoms with E-state index < -0.39 is 18.6 Å². The summed E-state index contributed by atoms with van der Waals surface area (Å²) in [5, 5.41) is 9.59. The van der Waals surface area contributed by atoms with Gasteiger partial charge in [-0.3, -0.25) is 0 Å². The summed E-state index contributed by atoms with van der Waals surface area (Å²) in [6.07, 6.45) is -5.51. The Morgan fingerprint density at radius 3 is 2.47 bits per heavy atom. The molecule has 1 aromatic carbocycles. The third-order valence-corrected chi connectivity index (χ3v) is 2.46. The fraction of sp³-hybridized carbons (Fsp3) is 0.400. The molecule has 0 fully saturated rings. The van der Waals surface area contributed by atoms with Gasteiger partial charge in [-0.2, -0.15) is 13.2 Å². The molecule has 0 aliphatic rings. The molecule has 0 unspecified atom stereocenters. The van der Waals surface area contributed by atoms with Gasteiger partial charge in [0.15, 0.2) is 0 Å². The molecule has 0 aliphatic carbocycles. The van der Waals surface area contributed by atoms with Crippen LogP contribution in [0.15, 0.2) is 18.2 Å². The van der Waals surface area contributed by atoms with E-state index in [2.05, 4.69) is 0 Å². The van der Waals surface area contributed by atoms with Crippen LogP contribution in [0.4, 0.5) is 13.2 Å². The maximum Gasteiger partial charge on any atom is 0.389 e. The third-order valence-electron chi connectivity index (χ3n) is 2.16. The van der Waals surface area contributed by atoms with Gasteiger partial charge < -0.3 is 10.8 Å². The van der Waals surface area contributed by atoms with E-state index in [0.29, 0.717) is 0 Å². The van der Waals surface area contributed by atoms with Gasteiger partial charge in [-0.15, -0.1) is 12.4 Å². The zero-order valence-corrected chi connectivity index (χ0v) is 10.2. The zero-order chi connectivity index (χ0) is 12.3. The molecule has 98 valence electrons. The summed E-state index contributed by atoms with van der Waals surface area (Å²) in [6.45, 7) is 0. The van der Waals surface area contributed by atoms with Crippen LogP contribution in [-0.4, -0.2) is 11.3 Å². The Labute approximate surface area is 108 Å². The number of phenols is 1. The Morgan fingerprint density at radius 2 is 1.94 bits per heavy atom. The summed E-state index contributed by atoms with van der Waals surface area (Å²) in [7, 11) is 0. The van der Waals surface area contributed by atoms with E-state index in [-0.39, 0.29) is 35.2 Å². The minimum absolute atomic E-state index is 0. The normalized spacial score (nSPS) is 13.0. The number of alkyl halides is 3. The minimum atomic E-state index is -4.24. The minimum Gasteiger partial charge on any atom is -0.506 e. The molecule has 0 amide bonds. The molecule has 7 heteroatoms. The second-order valence-electron chi connectivity index (χ2n) is 3.44. The fourth-order valence-electron chi connectivity index (χ4n) is 1.31. The topological polar surface area (TPSA) is 46.2 Å². The van der Waals surface area contributed by atoms with Crippen molar-refractivity contribution in [3.8, 4) is 5.75 Å². The van der Waals surface area contributed by atoms with Crippen LogP contribution < -0.4 is 5.73 Å². The van der Waals surface area contributed by atoms with Crippen molar-refractivity contribution in [1.29, 1.82) is 0 Å². The lowest BCUT2D eigenvalue weighted by atomic mass is 10.0. The van der Waals surface area contributed by atoms with Crippen molar-refractivity contribution in [2.75, 3.05) is 0 Å². The van der Waals surface area contributed by atoms with Gasteiger partial charge in [-0.05, 0) is 12.5 Å². The smallest absolute Gasteiger partial charge is 0.389 e. The van der Waals surface area contributed by atoms with Gasteiger partial charge in [0, 0.05) is 18.0 Å². The van der Waals surface area contributed by atoms with Gasteiger partial charge in [0.05, 0.1) is 5.02 Å². The molecular formula is C10H12Cl2F3NO. The average Bonchev–Trinajstić information content (AvgIpc) is 2.17. The second-order valence-corrected chi connectivity index (χ2v) is 3.85. The average molecular weight is 290 g/mol. The molecule has 17 heavy (non-hydrogen) atoms. The van der Waals surface area contributed by atoms with Crippen molar-refractivity contribution in [3.63, 3.8) is 0 Å². The van der Waals surface area contributed by atoms with Crippen LogP contribution in [0.2, 0.25) is 5.02 Å². The van der Waals surface area contributed by atoms with Crippen LogP contribution in [0.3, 0.4) is 0 Å². The van der Waals surface area contributed by atoms with Crippen molar-refractivity contribution < 1.29 is 18.3 Å². The molecule has 1 rings (SSSR count). The van der Waals surface area contributed by atoms with E-state index >= 15 is 0 Å². The van der Waals surface area contributed by atoms with Crippen LogP contribution >= 0.6 is 24.0 Å². The van der Waals surface area contributed by atoms with E-state index in [1.807, 2.05) is 0 Å². The highest BCUT2D eigenvalue weighted by atomic mass is 35.5. The summed E-state index contributed by atoms with van der Waals surface area (Å²) >= 11 is 5.62. The fourth-order valence-corrected chi connectivity index (χ4v) is 1.49. The largest absolute Gasteiger partial charge is 0.506 e. The Kier molecular flexibility index (Phi) is 6.09. The Bertz CT molecular complexity index is 371. The number of rotatable bonds is 3. The van der Waals surface area contributed by atoms with Gasteiger partial charge in [0.25, 0.3) is 0 Å². The first kappa shape index (κ1) is 16.4. The van der Waals surface area contributed by atoms with Gasteiger partial charge in [0.1, 0.15) is 5.75 Å². The highest BCUT2D eigenvalue weighted by Crippen LogP contribution is 2.34. The Morgan fingerprint density at radius 1 is 1.35 bits per heavy atom. The predicted molar refractivity (Wildman–Crippen MR) is 62.6 cm³/mol. The molecule has 2 nitrogen and oxygen atoms in total. The van der Waals surface area contributed by atoms with Crippen molar-refractivity contribution in [1.82, 2.24) is 0 Å². The van der Waals surface area contributed by atoms with Gasteiger partial charge in [-0.1, -0.05) is 23.7 Å². The quantitative estimate of drug-likeness (QED) is 0.889. The second kappa shape index (κ2) is 6.33. The van der Waals surface area contributed by atoms with Crippen LogP contribution in [0.5, 0.6) is 5.75 Å². The van der Waals surface area contributed by atoms with E-state index in [9.17, 15) is 18.3 Å². The van der Waals surface area contributed by atoms with Gasteiger partial charge in [0.2, 0.25) is 0 Å². The van der Waals surface area contributed by atoms with Gasteiger partial charge >= 0.3 is 6.18 Å². The molecule has 0 heterocycles. The molecule has 3 N–H and O–H groups in total. The molecule has 0 spiro atoms. The lowest BCUT2D eigenvalue weighted by Gasteiger charge is -2.15. The lowest BCUT2D eigenvalue weighted by molar-refractivity contribution is -0.136. The first-order valence-electron chi connectivity index (χ1n) is 4.61. The molecular weight excluding hydrogens is 278 g/mol. The van der Waals surface area contributed by atoms with Gasteiger partial charge in [-0.25, -0.2) is 0 Å². The highest BCUT2D eigenvalue weighted by molar-refractivity contribution is 6.32. The van der Waals surface area contributed by atoms with Crippen molar-refractivity contribution >= 4 is 24.0 Å². The van der Waals surface area contributed by atoms with Crippen LogP contribution in [-0.2, 0) is 0 Å². The zero-order valence-electron chi connectivity index (χ0n) is 8.67. The molecule has 0 saturated heterocycles. The Balaban J connectivity index is 0.00000256. The van der Waals surface area contributed by atoms with Crippen LogP contribution in [0.25, 0.3) is 0 Å². The Hall–Kier alpha value is -0.650. The maximum atomic E-state index is 12.0. The lowest BCUT2D eigenvalue weighted by Crippen LogP contribution is -2.15. The molecule has 0 aliphatic heterocycles. The summed E-state index contributed by atoms with van der Waals surface area (Å²) in [4.78, 5) is 0. The molecule has 0 saturated carbocycles. The maximum absolute atomic E-state index is 12.0. The molecule has 0 radical (unpaired) electrons. The van der Waals surface area contributed by atoms with E-state index in [1.165, 1.54) is 18.2 Å². The van der Waals surface area contributed by atoms with E-state index in [4.69, 9.17) is 17.3 Å². The number of phenolic OH excluding ortho intramolecular Hbond substituents is 1. The number of para-hydroxylation sites is 1. The third kappa shape index (κ3) is 5.02. The SMILES string of the molecule is Cl.N[C@@H](CCC(F)(F)F)c1cccc(Cl)c1O. The first-order chi connectivity index (χ1) is 7.31. The summed E-state index contributed by atoms with van der Waals surface area (Å²) < 4.78 is 35.9. The number of benzene rings is 1. The molecule has 1 aromatic rings. The van der Waals surface area contributed by atoms with Crippen molar-refractivity contribution in [2.45, 2.75) is 25.1 Å². The monoisotopic (exact) mass is 289 g/mol. The van der Waals surface area contributed by atoms with E-state index in [1.54, 1.807) is 0 Å². The summed E-state index contributed by atoms with van der Waals surface area (Å²) in [5.74, 6) is -0.251. The number of nitrogens with two attached hydrogens (primary N) is 1. The van der Waals surface area contributed by atoms with Crippen LogP contribution in [0.1, 0.15) is 24.4 Å². The van der Waals surface area contributed by atoms with Crippen molar-refractivity contribution in [2.24, 2.45) is 5.73 Å². The van der Waals surface area contributed by atoms with Crippen LogP contribution in [0, 0.1) is 0 Å². The molecule has 0 aromatic heterocycles. The molecule has 0 bridgehead atoms.